The summed E-state index contributed by atoms with van der Waals surface area (Å²) in [5, 5.41) is 11.1. The van der Waals surface area contributed by atoms with Crippen molar-refractivity contribution in [1.29, 1.82) is 0 Å². The average molecular weight is 344 g/mol. The zero-order valence-electron chi connectivity index (χ0n) is 16.1. The molecule has 0 bridgehead atoms. The third kappa shape index (κ3) is 3.69. The first-order chi connectivity index (χ1) is 11.8. The van der Waals surface area contributed by atoms with E-state index in [9.17, 15) is 5.11 Å². The van der Waals surface area contributed by atoms with Crippen molar-refractivity contribution in [1.82, 2.24) is 4.90 Å². The molecule has 0 amide bonds. The molecule has 3 nitrogen and oxygen atoms in total. The molecule has 0 unspecified atom stereocenters. The van der Waals surface area contributed by atoms with E-state index >= 15 is 0 Å². The van der Waals surface area contributed by atoms with Crippen LogP contribution >= 0.6 is 0 Å². The summed E-state index contributed by atoms with van der Waals surface area (Å²) >= 11 is 0. The first kappa shape index (κ1) is 18.6. The number of rotatable bonds is 4. The molecule has 1 saturated carbocycles. The van der Waals surface area contributed by atoms with Crippen molar-refractivity contribution >= 4 is 0 Å². The van der Waals surface area contributed by atoms with Crippen LogP contribution in [0.4, 0.5) is 0 Å². The number of hydrogen-bond donors (Lipinski definition) is 1. The molecule has 25 heavy (non-hydrogen) atoms. The Morgan fingerprint density at radius 2 is 2.00 bits per heavy atom. The molecule has 2 aliphatic rings. The summed E-state index contributed by atoms with van der Waals surface area (Å²) in [6.45, 7) is 13.9. The van der Waals surface area contributed by atoms with E-state index in [1.807, 2.05) is 30.3 Å². The van der Waals surface area contributed by atoms with Crippen LogP contribution in [0.3, 0.4) is 0 Å². The molecule has 1 aliphatic heterocycles. The lowest BCUT2D eigenvalue weighted by molar-refractivity contribution is -0.259. The van der Waals surface area contributed by atoms with Gasteiger partial charge in [-0.2, -0.15) is 0 Å². The molecule has 1 saturated heterocycles. The molecule has 138 valence electrons. The Labute approximate surface area is 152 Å². The summed E-state index contributed by atoms with van der Waals surface area (Å²) in [5.74, 6) is 1.20. The standard InChI is InChI=1S/C22H33NO2/c1-15(2)14-23-21(20(24)17-9-7-6-8-10-17)25-19-13-16(3)11-12-18(19)22(23,4)5/h6-10,16,18-21,24H,1,11-14H2,2-5H3/t16-,18-,19-,20+,21+/m1/s1. The number of hydrogen-bond acceptors (Lipinski definition) is 3. The van der Waals surface area contributed by atoms with Crippen LogP contribution in [0.2, 0.25) is 0 Å². The third-order valence-corrected chi connectivity index (χ3v) is 6.17. The van der Waals surface area contributed by atoms with Crippen molar-refractivity contribution in [3.63, 3.8) is 0 Å². The summed E-state index contributed by atoms with van der Waals surface area (Å²) < 4.78 is 6.56. The van der Waals surface area contributed by atoms with Gasteiger partial charge in [0, 0.05) is 18.0 Å². The molecule has 5 atom stereocenters. The maximum absolute atomic E-state index is 11.1. The van der Waals surface area contributed by atoms with E-state index in [-0.39, 0.29) is 17.9 Å². The van der Waals surface area contributed by atoms with Gasteiger partial charge < -0.3 is 9.84 Å². The number of aliphatic hydroxyl groups is 1. The van der Waals surface area contributed by atoms with Crippen molar-refractivity contribution in [2.45, 2.75) is 70.9 Å². The largest absolute Gasteiger partial charge is 0.384 e. The first-order valence-corrected chi connectivity index (χ1v) is 9.60. The summed E-state index contributed by atoms with van der Waals surface area (Å²) in [6, 6.07) is 9.89. The van der Waals surface area contributed by atoms with Crippen LogP contribution in [0.25, 0.3) is 0 Å². The summed E-state index contributed by atoms with van der Waals surface area (Å²) in [7, 11) is 0. The molecule has 0 radical (unpaired) electrons. The number of aliphatic hydroxyl groups excluding tert-OH is 1. The predicted molar refractivity (Wildman–Crippen MR) is 102 cm³/mol. The van der Waals surface area contributed by atoms with E-state index in [1.165, 1.54) is 12.8 Å². The second kappa shape index (κ2) is 7.22. The Morgan fingerprint density at radius 1 is 1.32 bits per heavy atom. The highest BCUT2D eigenvalue weighted by Crippen LogP contribution is 2.47. The van der Waals surface area contributed by atoms with E-state index in [1.54, 1.807) is 0 Å². The SMILES string of the molecule is C=C(C)CN1[C@H]([C@@H](O)c2ccccc2)O[C@@H]2C[C@H](C)CC[C@H]2C1(C)C. The number of ether oxygens (including phenoxy) is 1. The topological polar surface area (TPSA) is 32.7 Å². The molecular weight excluding hydrogens is 310 g/mol. The smallest absolute Gasteiger partial charge is 0.142 e. The van der Waals surface area contributed by atoms with E-state index in [4.69, 9.17) is 4.74 Å². The maximum Gasteiger partial charge on any atom is 0.142 e. The van der Waals surface area contributed by atoms with Gasteiger partial charge in [0.15, 0.2) is 0 Å². The fourth-order valence-corrected chi connectivity index (χ4v) is 4.72. The second-order valence-corrected chi connectivity index (χ2v) is 8.68. The van der Waals surface area contributed by atoms with E-state index in [0.717, 1.165) is 24.1 Å². The minimum Gasteiger partial charge on any atom is -0.384 e. The zero-order valence-corrected chi connectivity index (χ0v) is 16.1. The van der Waals surface area contributed by atoms with Gasteiger partial charge in [0.25, 0.3) is 0 Å². The molecule has 1 aliphatic carbocycles. The van der Waals surface area contributed by atoms with E-state index in [0.29, 0.717) is 11.8 Å². The summed E-state index contributed by atoms with van der Waals surface area (Å²) in [6.07, 6.45) is 2.79. The monoisotopic (exact) mass is 343 g/mol. The van der Waals surface area contributed by atoms with Crippen molar-refractivity contribution in [2.75, 3.05) is 6.54 Å². The minimum atomic E-state index is -0.655. The Morgan fingerprint density at radius 3 is 2.64 bits per heavy atom. The number of nitrogens with zero attached hydrogens (tertiary/aromatic N) is 1. The minimum absolute atomic E-state index is 0.0254. The molecule has 1 aromatic carbocycles. The fraction of sp³-hybridized carbons (Fsp3) is 0.636. The molecule has 3 rings (SSSR count). The quantitative estimate of drug-likeness (QED) is 0.815. The van der Waals surface area contributed by atoms with Gasteiger partial charge in [0.1, 0.15) is 12.3 Å². The molecule has 1 N–H and O–H groups in total. The summed E-state index contributed by atoms with van der Waals surface area (Å²) in [5.41, 5.74) is 1.99. The van der Waals surface area contributed by atoms with Gasteiger partial charge in [-0.3, -0.25) is 4.90 Å². The number of fused-ring (bicyclic) bond motifs is 1. The van der Waals surface area contributed by atoms with Crippen LogP contribution in [0, 0.1) is 11.8 Å². The second-order valence-electron chi connectivity index (χ2n) is 8.68. The van der Waals surface area contributed by atoms with E-state index < -0.39 is 6.10 Å². The Balaban J connectivity index is 1.94. The molecule has 0 spiro atoms. The van der Waals surface area contributed by atoms with Crippen LogP contribution in [0.5, 0.6) is 0 Å². The highest BCUT2D eigenvalue weighted by molar-refractivity contribution is 5.19. The van der Waals surface area contributed by atoms with Crippen LogP contribution in [0.15, 0.2) is 42.5 Å². The Kier molecular flexibility index (Phi) is 5.38. The van der Waals surface area contributed by atoms with Crippen molar-refractivity contribution in [3.05, 3.63) is 48.0 Å². The molecular formula is C22H33NO2. The van der Waals surface area contributed by atoms with Gasteiger partial charge in [-0.1, -0.05) is 55.8 Å². The molecule has 0 aromatic heterocycles. The zero-order chi connectivity index (χ0) is 18.2. The van der Waals surface area contributed by atoms with Crippen LogP contribution in [-0.2, 0) is 4.74 Å². The lowest BCUT2D eigenvalue weighted by atomic mass is 9.69. The van der Waals surface area contributed by atoms with Gasteiger partial charge in [0.05, 0.1) is 6.10 Å². The third-order valence-electron chi connectivity index (χ3n) is 6.17. The molecule has 1 aromatic rings. The van der Waals surface area contributed by atoms with Gasteiger partial charge in [-0.15, -0.1) is 0 Å². The molecule has 2 fully saturated rings. The predicted octanol–water partition coefficient (Wildman–Crippen LogP) is 4.54. The number of benzene rings is 1. The average Bonchev–Trinajstić information content (AvgIpc) is 2.57. The lowest BCUT2D eigenvalue weighted by Gasteiger charge is -2.58. The van der Waals surface area contributed by atoms with Gasteiger partial charge in [0.2, 0.25) is 0 Å². The maximum atomic E-state index is 11.1. The first-order valence-electron chi connectivity index (χ1n) is 9.60. The van der Waals surface area contributed by atoms with Crippen molar-refractivity contribution in [2.24, 2.45) is 11.8 Å². The van der Waals surface area contributed by atoms with Crippen molar-refractivity contribution < 1.29 is 9.84 Å². The van der Waals surface area contributed by atoms with Crippen molar-refractivity contribution in [3.8, 4) is 0 Å². The fourth-order valence-electron chi connectivity index (χ4n) is 4.72. The lowest BCUT2D eigenvalue weighted by Crippen LogP contribution is -2.66. The van der Waals surface area contributed by atoms with Gasteiger partial charge >= 0.3 is 0 Å². The molecule has 3 heteroatoms. The highest BCUT2D eigenvalue weighted by atomic mass is 16.5. The normalized spacial score (nSPS) is 33.5. The van der Waals surface area contributed by atoms with Crippen LogP contribution < -0.4 is 0 Å². The molecule has 1 heterocycles. The van der Waals surface area contributed by atoms with Crippen LogP contribution in [0.1, 0.15) is 58.6 Å². The van der Waals surface area contributed by atoms with Gasteiger partial charge in [-0.25, -0.2) is 0 Å². The Bertz CT molecular complexity index is 597. The summed E-state index contributed by atoms with van der Waals surface area (Å²) in [4.78, 5) is 2.34. The van der Waals surface area contributed by atoms with E-state index in [2.05, 4.69) is 39.2 Å². The Hall–Kier alpha value is -1.16. The highest BCUT2D eigenvalue weighted by Gasteiger charge is 2.52. The van der Waals surface area contributed by atoms with Gasteiger partial charge in [-0.05, 0) is 45.1 Å². The van der Waals surface area contributed by atoms with Crippen LogP contribution in [-0.4, -0.2) is 34.4 Å².